The van der Waals surface area contributed by atoms with E-state index in [1.165, 1.54) is 12.1 Å². The van der Waals surface area contributed by atoms with Crippen LogP contribution >= 0.6 is 0 Å². The predicted molar refractivity (Wildman–Crippen MR) is 55.0 cm³/mol. The third-order valence-electron chi connectivity index (χ3n) is 2.85. The molecule has 1 aliphatic rings. The minimum absolute atomic E-state index is 0.143. The lowest BCUT2D eigenvalue weighted by Gasteiger charge is -2.27. The number of aliphatic hydroxyl groups is 1. The molecule has 1 aromatic carbocycles. The van der Waals surface area contributed by atoms with Crippen molar-refractivity contribution in [3.05, 3.63) is 35.6 Å². The van der Waals surface area contributed by atoms with Gasteiger partial charge in [-0.05, 0) is 30.5 Å². The number of rotatable bonds is 2. The van der Waals surface area contributed by atoms with Gasteiger partial charge in [-0.15, -0.1) is 0 Å². The Morgan fingerprint density at radius 3 is 2.73 bits per heavy atom. The van der Waals surface area contributed by atoms with Crippen LogP contribution in [0.25, 0.3) is 0 Å². The van der Waals surface area contributed by atoms with Gasteiger partial charge in [-0.3, -0.25) is 0 Å². The number of ether oxygens (including phenoxy) is 1. The van der Waals surface area contributed by atoms with Crippen LogP contribution in [0.3, 0.4) is 0 Å². The third kappa shape index (κ3) is 2.76. The Morgan fingerprint density at radius 2 is 2.07 bits per heavy atom. The van der Waals surface area contributed by atoms with E-state index in [2.05, 4.69) is 0 Å². The van der Waals surface area contributed by atoms with Crippen LogP contribution in [0.5, 0.6) is 0 Å². The van der Waals surface area contributed by atoms with Gasteiger partial charge in [0.25, 0.3) is 0 Å². The van der Waals surface area contributed by atoms with Gasteiger partial charge >= 0.3 is 0 Å². The summed E-state index contributed by atoms with van der Waals surface area (Å²) in [7, 11) is 0. The number of benzene rings is 1. The van der Waals surface area contributed by atoms with E-state index in [-0.39, 0.29) is 17.8 Å². The number of aliphatic hydroxyl groups excluding tert-OH is 1. The van der Waals surface area contributed by atoms with Crippen molar-refractivity contribution in [2.24, 2.45) is 5.92 Å². The van der Waals surface area contributed by atoms with Crippen LogP contribution in [0.4, 0.5) is 4.39 Å². The second kappa shape index (κ2) is 4.73. The molecule has 0 bridgehead atoms. The zero-order valence-corrected chi connectivity index (χ0v) is 8.53. The van der Waals surface area contributed by atoms with Crippen molar-refractivity contribution in [3.8, 4) is 0 Å². The normalized spacial score (nSPS) is 26.5. The molecule has 2 rings (SSSR count). The maximum absolute atomic E-state index is 12.7. The molecule has 0 radical (unpaired) electrons. The average Bonchev–Trinajstić information content (AvgIpc) is 2.25. The second-order valence-corrected chi connectivity index (χ2v) is 4.02. The smallest absolute Gasteiger partial charge is 0.123 e. The van der Waals surface area contributed by atoms with E-state index in [1.807, 2.05) is 0 Å². The van der Waals surface area contributed by atoms with Crippen LogP contribution in [0.15, 0.2) is 24.3 Å². The lowest BCUT2D eigenvalue weighted by Crippen LogP contribution is -2.33. The van der Waals surface area contributed by atoms with E-state index >= 15 is 0 Å². The zero-order chi connectivity index (χ0) is 10.7. The van der Waals surface area contributed by atoms with Crippen molar-refractivity contribution in [1.29, 1.82) is 0 Å². The van der Waals surface area contributed by atoms with Crippen molar-refractivity contribution in [2.45, 2.75) is 18.9 Å². The molecule has 1 heterocycles. The van der Waals surface area contributed by atoms with E-state index in [1.54, 1.807) is 12.1 Å². The van der Waals surface area contributed by atoms with E-state index in [0.717, 1.165) is 12.0 Å². The molecule has 15 heavy (non-hydrogen) atoms. The van der Waals surface area contributed by atoms with Gasteiger partial charge in [0.05, 0.1) is 12.7 Å². The summed E-state index contributed by atoms with van der Waals surface area (Å²) >= 11 is 0. The first kappa shape index (κ1) is 10.6. The lowest BCUT2D eigenvalue weighted by atomic mass is 9.92. The van der Waals surface area contributed by atoms with Crippen LogP contribution in [0.2, 0.25) is 0 Å². The molecule has 1 aliphatic heterocycles. The second-order valence-electron chi connectivity index (χ2n) is 4.02. The molecular weight excluding hydrogens is 195 g/mol. The molecule has 0 spiro atoms. The van der Waals surface area contributed by atoms with Gasteiger partial charge in [-0.25, -0.2) is 4.39 Å². The Bertz CT molecular complexity index is 310. The van der Waals surface area contributed by atoms with Crippen LogP contribution in [-0.4, -0.2) is 24.4 Å². The quantitative estimate of drug-likeness (QED) is 0.806. The standard InChI is InChI=1S/C12H15FO2/c13-11-3-1-9(2-4-11)7-10-8-15-6-5-12(10)14/h1-4,10,12,14H,5-8H2/t10-,12-/m1/s1. The number of halogens is 1. The molecular formula is C12H15FO2. The van der Waals surface area contributed by atoms with Crippen LogP contribution in [0.1, 0.15) is 12.0 Å². The first-order valence-corrected chi connectivity index (χ1v) is 5.26. The zero-order valence-electron chi connectivity index (χ0n) is 8.53. The van der Waals surface area contributed by atoms with Gasteiger partial charge in [0.1, 0.15) is 5.82 Å². The first-order valence-electron chi connectivity index (χ1n) is 5.26. The Balaban J connectivity index is 1.98. The Hall–Kier alpha value is -0.930. The molecule has 1 fully saturated rings. The fraction of sp³-hybridized carbons (Fsp3) is 0.500. The van der Waals surface area contributed by atoms with Crippen molar-refractivity contribution >= 4 is 0 Å². The van der Waals surface area contributed by atoms with E-state index in [4.69, 9.17) is 4.74 Å². The first-order chi connectivity index (χ1) is 7.25. The van der Waals surface area contributed by atoms with Gasteiger partial charge in [-0.1, -0.05) is 12.1 Å². The van der Waals surface area contributed by atoms with Gasteiger partial charge in [0, 0.05) is 12.5 Å². The van der Waals surface area contributed by atoms with Gasteiger partial charge in [0.2, 0.25) is 0 Å². The minimum Gasteiger partial charge on any atom is -0.393 e. The van der Waals surface area contributed by atoms with E-state index in [9.17, 15) is 9.50 Å². The molecule has 3 heteroatoms. The van der Waals surface area contributed by atoms with Crippen molar-refractivity contribution in [1.82, 2.24) is 0 Å². The van der Waals surface area contributed by atoms with Crippen LogP contribution in [-0.2, 0) is 11.2 Å². The molecule has 2 atom stereocenters. The van der Waals surface area contributed by atoms with Gasteiger partial charge < -0.3 is 9.84 Å². The highest BCUT2D eigenvalue weighted by Gasteiger charge is 2.23. The third-order valence-corrected chi connectivity index (χ3v) is 2.85. The molecule has 1 aromatic rings. The molecule has 1 saturated heterocycles. The fourth-order valence-corrected chi connectivity index (χ4v) is 1.90. The Kier molecular flexibility index (Phi) is 3.34. The Morgan fingerprint density at radius 1 is 1.33 bits per heavy atom. The van der Waals surface area contributed by atoms with E-state index in [0.29, 0.717) is 19.6 Å². The molecule has 1 N–H and O–H groups in total. The number of hydrogen-bond acceptors (Lipinski definition) is 2. The summed E-state index contributed by atoms with van der Waals surface area (Å²) in [6.45, 7) is 1.24. The SMILES string of the molecule is O[C@@H]1CCOC[C@H]1Cc1ccc(F)cc1. The summed E-state index contributed by atoms with van der Waals surface area (Å²) in [5, 5.41) is 9.73. The largest absolute Gasteiger partial charge is 0.393 e. The highest BCUT2D eigenvalue weighted by molar-refractivity contribution is 5.16. The summed E-state index contributed by atoms with van der Waals surface area (Å²) < 4.78 is 18.0. The number of hydrogen-bond donors (Lipinski definition) is 1. The molecule has 0 aromatic heterocycles. The Labute approximate surface area is 88.7 Å². The van der Waals surface area contributed by atoms with Gasteiger partial charge in [-0.2, -0.15) is 0 Å². The maximum Gasteiger partial charge on any atom is 0.123 e. The average molecular weight is 210 g/mol. The summed E-state index contributed by atoms with van der Waals surface area (Å²) in [6, 6.07) is 6.42. The topological polar surface area (TPSA) is 29.5 Å². The maximum atomic E-state index is 12.7. The van der Waals surface area contributed by atoms with Crippen LogP contribution in [0, 0.1) is 11.7 Å². The molecule has 0 unspecified atom stereocenters. The van der Waals surface area contributed by atoms with Gasteiger partial charge in [0.15, 0.2) is 0 Å². The molecule has 2 nitrogen and oxygen atoms in total. The monoisotopic (exact) mass is 210 g/mol. The molecule has 0 saturated carbocycles. The highest BCUT2D eigenvalue weighted by atomic mass is 19.1. The molecule has 0 aliphatic carbocycles. The minimum atomic E-state index is -0.288. The summed E-state index contributed by atoms with van der Waals surface area (Å²) in [5.74, 6) is -0.0802. The van der Waals surface area contributed by atoms with Crippen molar-refractivity contribution < 1.29 is 14.2 Å². The molecule has 0 amide bonds. The summed E-state index contributed by atoms with van der Waals surface area (Å²) in [6.07, 6.45) is 1.16. The van der Waals surface area contributed by atoms with Crippen molar-refractivity contribution in [2.75, 3.05) is 13.2 Å². The van der Waals surface area contributed by atoms with Crippen LogP contribution < -0.4 is 0 Å². The lowest BCUT2D eigenvalue weighted by molar-refractivity contribution is -0.0350. The predicted octanol–water partition coefficient (Wildman–Crippen LogP) is 1.77. The van der Waals surface area contributed by atoms with E-state index < -0.39 is 0 Å². The summed E-state index contributed by atoms with van der Waals surface area (Å²) in [5.41, 5.74) is 1.05. The highest BCUT2D eigenvalue weighted by Crippen LogP contribution is 2.19. The fourth-order valence-electron chi connectivity index (χ4n) is 1.90. The van der Waals surface area contributed by atoms with Crippen molar-refractivity contribution in [3.63, 3.8) is 0 Å². The summed E-state index contributed by atoms with van der Waals surface area (Å²) in [4.78, 5) is 0. The molecule has 82 valence electrons.